The Morgan fingerprint density at radius 2 is 1.37 bits per heavy atom. The number of phenols is 1. The minimum absolute atomic E-state index is 0.0468. The van der Waals surface area contributed by atoms with Crippen LogP contribution in [0.3, 0.4) is 0 Å². The van der Waals surface area contributed by atoms with Gasteiger partial charge in [0.15, 0.2) is 17.5 Å². The molecule has 9 heteroatoms. The van der Waals surface area contributed by atoms with Gasteiger partial charge in [-0.25, -0.2) is 19.7 Å². The molecule has 3 aromatic carbocycles. The van der Waals surface area contributed by atoms with E-state index in [4.69, 9.17) is 9.47 Å². The van der Waals surface area contributed by atoms with Gasteiger partial charge in [0, 0.05) is 29.8 Å². The van der Waals surface area contributed by atoms with Gasteiger partial charge < -0.3 is 19.9 Å². The third kappa shape index (κ3) is 5.25. The van der Waals surface area contributed by atoms with Crippen LogP contribution >= 0.6 is 0 Å². The number of esters is 1. The molecule has 0 fully saturated rings. The fourth-order valence-electron chi connectivity index (χ4n) is 3.36. The maximum Gasteiger partial charge on any atom is 0.337 e. The lowest BCUT2D eigenvalue weighted by Crippen LogP contribution is -2.05. The number of rotatable bonds is 6. The number of carbonyl (C=O) groups excluding carboxylic acids is 2. The summed E-state index contributed by atoms with van der Waals surface area (Å²) < 4.78 is 9.93. The molecule has 0 aliphatic carbocycles. The molecule has 1 aromatic heterocycles. The fraction of sp³-hybridized carbons (Fsp3) is 0.115. The molecule has 9 nitrogen and oxygen atoms in total. The van der Waals surface area contributed by atoms with Gasteiger partial charge in [-0.2, -0.15) is 0 Å². The first-order valence-electron chi connectivity index (χ1n) is 10.6. The summed E-state index contributed by atoms with van der Waals surface area (Å²) in [5, 5.41) is 13.3. The van der Waals surface area contributed by atoms with Gasteiger partial charge in [0.05, 0.1) is 25.3 Å². The average Bonchev–Trinajstić information content (AvgIpc) is 2.88. The molecule has 0 spiro atoms. The molecular formula is C26H22N4O5. The molecule has 4 rings (SSSR count). The predicted molar refractivity (Wildman–Crippen MR) is 130 cm³/mol. The number of aromatic hydroxyl groups is 1. The molecule has 0 aliphatic rings. The van der Waals surface area contributed by atoms with E-state index >= 15 is 0 Å². The number of methoxy groups -OCH3 is 2. The molecule has 2 N–H and O–H groups in total. The Hall–Kier alpha value is -4.79. The maximum atomic E-state index is 11.8. The van der Waals surface area contributed by atoms with Crippen LogP contribution < -0.4 is 10.1 Å². The van der Waals surface area contributed by atoms with Gasteiger partial charge in [0.25, 0.3) is 0 Å². The van der Waals surface area contributed by atoms with Gasteiger partial charge in [-0.3, -0.25) is 4.79 Å². The molecule has 0 atom stereocenters. The fourth-order valence-corrected chi connectivity index (χ4v) is 3.36. The zero-order chi connectivity index (χ0) is 24.9. The summed E-state index contributed by atoms with van der Waals surface area (Å²) in [4.78, 5) is 36.9. The van der Waals surface area contributed by atoms with E-state index in [2.05, 4.69) is 20.3 Å². The second-order valence-electron chi connectivity index (χ2n) is 7.52. The quantitative estimate of drug-likeness (QED) is 0.399. The van der Waals surface area contributed by atoms with E-state index in [0.29, 0.717) is 45.3 Å². The van der Waals surface area contributed by atoms with E-state index in [-0.39, 0.29) is 17.5 Å². The van der Waals surface area contributed by atoms with Crippen LogP contribution in [-0.4, -0.2) is 46.2 Å². The first-order valence-corrected chi connectivity index (χ1v) is 10.6. The Morgan fingerprint density at radius 1 is 0.800 bits per heavy atom. The van der Waals surface area contributed by atoms with Crippen molar-refractivity contribution in [1.82, 2.24) is 15.0 Å². The Bertz CT molecular complexity index is 1390. The minimum Gasteiger partial charge on any atom is -0.507 e. The summed E-state index contributed by atoms with van der Waals surface area (Å²) in [6, 6.07) is 18.6. The largest absolute Gasteiger partial charge is 0.507 e. The molecule has 0 unspecified atom stereocenters. The first kappa shape index (κ1) is 23.4. The Kier molecular flexibility index (Phi) is 6.68. The van der Waals surface area contributed by atoms with Gasteiger partial charge in [0.1, 0.15) is 11.5 Å². The van der Waals surface area contributed by atoms with Crippen LogP contribution in [0, 0.1) is 0 Å². The van der Waals surface area contributed by atoms with Gasteiger partial charge >= 0.3 is 5.97 Å². The minimum atomic E-state index is -0.448. The number of benzene rings is 3. The van der Waals surface area contributed by atoms with E-state index in [0.717, 1.165) is 0 Å². The number of nitrogens with one attached hydrogen (secondary N) is 1. The predicted octanol–water partition coefficient (Wildman–Crippen LogP) is 4.33. The number of ether oxygens (including phenoxy) is 2. The molecule has 0 radical (unpaired) electrons. The Labute approximate surface area is 201 Å². The first-order chi connectivity index (χ1) is 16.9. The van der Waals surface area contributed by atoms with Crippen LogP contribution in [0.4, 0.5) is 5.69 Å². The molecule has 0 saturated heterocycles. The van der Waals surface area contributed by atoms with Crippen LogP contribution in [0.2, 0.25) is 0 Å². The van der Waals surface area contributed by atoms with Crippen LogP contribution in [0.5, 0.6) is 11.5 Å². The molecule has 1 amide bonds. The highest BCUT2D eigenvalue weighted by Crippen LogP contribution is 2.32. The van der Waals surface area contributed by atoms with Crippen molar-refractivity contribution in [2.24, 2.45) is 0 Å². The highest BCUT2D eigenvalue weighted by Gasteiger charge is 2.16. The van der Waals surface area contributed by atoms with Crippen LogP contribution in [-0.2, 0) is 9.53 Å². The van der Waals surface area contributed by atoms with Crippen molar-refractivity contribution in [3.63, 3.8) is 0 Å². The maximum absolute atomic E-state index is 11.8. The summed E-state index contributed by atoms with van der Waals surface area (Å²) in [5.74, 6) is 0.799. The standard InChI is InChI=1S/C26H22N4O5/c1-15(31)27-19-10-8-17(9-11-19)24-28-23(16-4-6-18(7-5-16)26(33)35-3)29-25(30-24)21-13-12-20(34-2)14-22(21)32/h4-14,32H,1-3H3,(H,27,31). The summed E-state index contributed by atoms with van der Waals surface area (Å²) >= 11 is 0. The van der Waals surface area contributed by atoms with E-state index in [1.54, 1.807) is 60.7 Å². The molecule has 0 aliphatic heterocycles. The summed E-state index contributed by atoms with van der Waals surface area (Å²) in [7, 11) is 2.83. The van der Waals surface area contributed by atoms with E-state index in [9.17, 15) is 14.7 Å². The van der Waals surface area contributed by atoms with Crippen molar-refractivity contribution in [3.8, 4) is 45.7 Å². The van der Waals surface area contributed by atoms with Crippen LogP contribution in [0.1, 0.15) is 17.3 Å². The lowest BCUT2D eigenvalue weighted by Gasteiger charge is -2.11. The van der Waals surface area contributed by atoms with E-state index in [1.807, 2.05) is 0 Å². The highest BCUT2D eigenvalue weighted by molar-refractivity contribution is 5.90. The third-order valence-electron chi connectivity index (χ3n) is 5.11. The topological polar surface area (TPSA) is 124 Å². The molecular weight excluding hydrogens is 448 g/mol. The van der Waals surface area contributed by atoms with Crippen LogP contribution in [0.15, 0.2) is 66.7 Å². The number of carbonyl (C=O) groups is 2. The number of hydrogen-bond acceptors (Lipinski definition) is 8. The van der Waals surface area contributed by atoms with Crippen LogP contribution in [0.25, 0.3) is 34.2 Å². The van der Waals surface area contributed by atoms with Crippen molar-refractivity contribution in [1.29, 1.82) is 0 Å². The van der Waals surface area contributed by atoms with Crippen molar-refractivity contribution in [2.75, 3.05) is 19.5 Å². The monoisotopic (exact) mass is 470 g/mol. The number of phenolic OH excluding ortho intramolecular Hbond substituents is 1. The highest BCUT2D eigenvalue weighted by atomic mass is 16.5. The number of aromatic nitrogens is 3. The lowest BCUT2D eigenvalue weighted by atomic mass is 10.1. The van der Waals surface area contributed by atoms with E-state index < -0.39 is 5.97 Å². The number of anilines is 1. The van der Waals surface area contributed by atoms with Gasteiger partial charge in [-0.15, -0.1) is 0 Å². The van der Waals surface area contributed by atoms with Crippen molar-refractivity contribution < 1.29 is 24.2 Å². The van der Waals surface area contributed by atoms with Crippen molar-refractivity contribution in [2.45, 2.75) is 6.92 Å². The zero-order valence-corrected chi connectivity index (χ0v) is 19.3. The summed E-state index contributed by atoms with van der Waals surface area (Å²) in [5.41, 5.74) is 2.76. The number of nitrogens with zero attached hydrogens (tertiary/aromatic N) is 3. The molecule has 35 heavy (non-hydrogen) atoms. The van der Waals surface area contributed by atoms with Gasteiger partial charge in [-0.05, 0) is 48.5 Å². The average molecular weight is 470 g/mol. The SMILES string of the molecule is COC(=O)c1ccc(-c2nc(-c3ccc(NC(C)=O)cc3)nc(-c3ccc(OC)cc3O)n2)cc1. The molecule has 4 aromatic rings. The summed E-state index contributed by atoms with van der Waals surface area (Å²) in [6.45, 7) is 1.44. The van der Waals surface area contributed by atoms with Crippen molar-refractivity contribution >= 4 is 17.6 Å². The smallest absolute Gasteiger partial charge is 0.337 e. The number of hydrogen-bond donors (Lipinski definition) is 2. The van der Waals surface area contributed by atoms with Crippen molar-refractivity contribution in [3.05, 3.63) is 72.3 Å². The molecule has 176 valence electrons. The summed E-state index contributed by atoms with van der Waals surface area (Å²) in [6.07, 6.45) is 0. The molecule has 1 heterocycles. The molecule has 0 saturated carbocycles. The number of amides is 1. The zero-order valence-electron chi connectivity index (χ0n) is 19.3. The lowest BCUT2D eigenvalue weighted by molar-refractivity contribution is -0.114. The molecule has 0 bridgehead atoms. The third-order valence-corrected chi connectivity index (χ3v) is 5.11. The second-order valence-corrected chi connectivity index (χ2v) is 7.52. The second kappa shape index (κ2) is 10.0. The van der Waals surface area contributed by atoms with E-state index in [1.165, 1.54) is 27.2 Å². The Balaban J connectivity index is 1.82. The van der Waals surface area contributed by atoms with Gasteiger partial charge in [0.2, 0.25) is 5.91 Å². The normalized spacial score (nSPS) is 10.5. The Morgan fingerprint density at radius 3 is 1.89 bits per heavy atom. The van der Waals surface area contributed by atoms with Gasteiger partial charge in [-0.1, -0.05) is 12.1 Å².